The maximum Gasteiger partial charge on any atom is 0.250 e. The van der Waals surface area contributed by atoms with Crippen LogP contribution in [0.3, 0.4) is 0 Å². The molecule has 1 heterocycles. The van der Waals surface area contributed by atoms with Crippen LogP contribution in [0.4, 0.5) is 5.69 Å². The molecule has 1 aromatic carbocycles. The summed E-state index contributed by atoms with van der Waals surface area (Å²) in [6.07, 6.45) is 3.87. The molecular weight excluding hydrogens is 280 g/mol. The standard InChI is InChI=1S/C17H24N2O3/c1-21-12-17(20)18-14-3-5-15(6-4-14)22-10-2-8-19-9-7-13-11-16(13)19/h3-6,13,16H,2,7-12H2,1H3,(H,18,20). The predicted octanol–water partition coefficient (Wildman–Crippen LogP) is 2.13. The third kappa shape index (κ3) is 3.99. The Balaban J connectivity index is 1.34. The molecule has 0 radical (unpaired) electrons. The Hall–Kier alpha value is -1.59. The van der Waals surface area contributed by atoms with Gasteiger partial charge in [0.05, 0.1) is 6.61 Å². The number of nitrogens with zero attached hydrogens (tertiary/aromatic N) is 1. The Labute approximate surface area is 131 Å². The van der Waals surface area contributed by atoms with Crippen LogP contribution < -0.4 is 10.1 Å². The van der Waals surface area contributed by atoms with E-state index in [2.05, 4.69) is 10.2 Å². The highest BCUT2D eigenvalue weighted by atomic mass is 16.5. The number of anilines is 1. The number of carbonyl (C=O) groups excluding carboxylic acids is 1. The number of nitrogens with one attached hydrogen (secondary N) is 1. The van der Waals surface area contributed by atoms with Crippen LogP contribution in [0.25, 0.3) is 0 Å². The minimum atomic E-state index is -0.153. The number of carbonyl (C=O) groups is 1. The number of fused-ring (bicyclic) bond motifs is 1. The molecule has 5 heteroatoms. The number of methoxy groups -OCH3 is 1. The summed E-state index contributed by atoms with van der Waals surface area (Å²) in [5, 5.41) is 2.76. The van der Waals surface area contributed by atoms with Crippen molar-refractivity contribution in [3.05, 3.63) is 24.3 Å². The lowest BCUT2D eigenvalue weighted by Gasteiger charge is -2.17. The fraction of sp³-hybridized carbons (Fsp3) is 0.588. The largest absolute Gasteiger partial charge is 0.494 e. The molecule has 22 heavy (non-hydrogen) atoms. The van der Waals surface area contributed by atoms with Crippen LogP contribution >= 0.6 is 0 Å². The van der Waals surface area contributed by atoms with E-state index in [0.717, 1.165) is 43.0 Å². The maximum absolute atomic E-state index is 11.4. The van der Waals surface area contributed by atoms with Crippen molar-refractivity contribution in [2.45, 2.75) is 25.3 Å². The van der Waals surface area contributed by atoms with E-state index in [4.69, 9.17) is 9.47 Å². The SMILES string of the molecule is COCC(=O)Nc1ccc(OCCCN2CCC3CC32)cc1. The van der Waals surface area contributed by atoms with Crippen molar-refractivity contribution >= 4 is 11.6 Å². The van der Waals surface area contributed by atoms with Crippen molar-refractivity contribution in [3.63, 3.8) is 0 Å². The Morgan fingerprint density at radius 2 is 2.18 bits per heavy atom. The minimum Gasteiger partial charge on any atom is -0.494 e. The second-order valence-electron chi connectivity index (χ2n) is 6.10. The molecule has 1 aliphatic heterocycles. The van der Waals surface area contributed by atoms with Gasteiger partial charge >= 0.3 is 0 Å². The van der Waals surface area contributed by atoms with Gasteiger partial charge in [0.25, 0.3) is 0 Å². The molecule has 1 aliphatic carbocycles. The predicted molar refractivity (Wildman–Crippen MR) is 85.1 cm³/mol. The van der Waals surface area contributed by atoms with Crippen LogP contribution in [0.2, 0.25) is 0 Å². The lowest BCUT2D eigenvalue weighted by molar-refractivity contribution is -0.119. The number of rotatable bonds is 8. The van der Waals surface area contributed by atoms with Crippen molar-refractivity contribution < 1.29 is 14.3 Å². The molecular formula is C17H24N2O3. The van der Waals surface area contributed by atoms with Gasteiger partial charge in [-0.2, -0.15) is 0 Å². The fourth-order valence-electron chi connectivity index (χ4n) is 3.18. The summed E-state index contributed by atoms with van der Waals surface area (Å²) in [5.41, 5.74) is 0.756. The highest BCUT2D eigenvalue weighted by molar-refractivity contribution is 5.91. The number of hydrogen-bond acceptors (Lipinski definition) is 4. The fourth-order valence-corrected chi connectivity index (χ4v) is 3.18. The lowest BCUT2D eigenvalue weighted by Crippen LogP contribution is -2.25. The van der Waals surface area contributed by atoms with E-state index < -0.39 is 0 Å². The van der Waals surface area contributed by atoms with Crippen molar-refractivity contribution in [2.75, 3.05) is 38.7 Å². The van der Waals surface area contributed by atoms with Crippen molar-refractivity contribution in [3.8, 4) is 5.75 Å². The summed E-state index contributed by atoms with van der Waals surface area (Å²) < 4.78 is 10.5. The van der Waals surface area contributed by atoms with E-state index in [1.807, 2.05) is 24.3 Å². The molecule has 1 saturated heterocycles. The number of amides is 1. The van der Waals surface area contributed by atoms with Gasteiger partial charge in [-0.25, -0.2) is 0 Å². The lowest BCUT2D eigenvalue weighted by atomic mass is 10.3. The number of piperidine rings is 1. The van der Waals surface area contributed by atoms with Crippen LogP contribution in [0.15, 0.2) is 24.3 Å². The highest BCUT2D eigenvalue weighted by Crippen LogP contribution is 2.44. The third-order valence-electron chi connectivity index (χ3n) is 4.41. The molecule has 0 bridgehead atoms. The zero-order valence-corrected chi connectivity index (χ0v) is 13.1. The number of ether oxygens (including phenoxy) is 2. The normalized spacial score (nSPS) is 23.1. The van der Waals surface area contributed by atoms with Gasteiger partial charge in [-0.3, -0.25) is 9.69 Å². The zero-order valence-electron chi connectivity index (χ0n) is 13.1. The van der Waals surface area contributed by atoms with Crippen molar-refractivity contribution in [1.29, 1.82) is 0 Å². The summed E-state index contributed by atoms with van der Waals surface area (Å²) in [4.78, 5) is 14.0. The maximum atomic E-state index is 11.4. The quantitative estimate of drug-likeness (QED) is 0.748. The van der Waals surface area contributed by atoms with E-state index in [-0.39, 0.29) is 12.5 Å². The monoisotopic (exact) mass is 304 g/mol. The van der Waals surface area contributed by atoms with Crippen molar-refractivity contribution in [2.24, 2.45) is 5.92 Å². The van der Waals surface area contributed by atoms with Gasteiger partial charge in [0.2, 0.25) is 5.91 Å². The number of likely N-dealkylation sites (tertiary alicyclic amines) is 1. The first kappa shape index (κ1) is 15.3. The van der Waals surface area contributed by atoms with Crippen LogP contribution in [-0.2, 0) is 9.53 Å². The summed E-state index contributed by atoms with van der Waals surface area (Å²) in [5.74, 6) is 1.69. The van der Waals surface area contributed by atoms with Crippen LogP contribution in [-0.4, -0.2) is 50.3 Å². The molecule has 2 aliphatic rings. The molecule has 0 spiro atoms. The first-order valence-electron chi connectivity index (χ1n) is 8.02. The van der Waals surface area contributed by atoms with E-state index in [9.17, 15) is 4.79 Å². The van der Waals surface area contributed by atoms with Crippen LogP contribution in [0.5, 0.6) is 5.75 Å². The Bertz CT molecular complexity index is 503. The molecule has 2 unspecified atom stereocenters. The van der Waals surface area contributed by atoms with Crippen LogP contribution in [0, 0.1) is 5.92 Å². The van der Waals surface area contributed by atoms with E-state index in [1.54, 1.807) is 0 Å². The molecule has 1 amide bonds. The van der Waals surface area contributed by atoms with Gasteiger partial charge in [0.1, 0.15) is 12.4 Å². The van der Waals surface area contributed by atoms with E-state index in [1.165, 1.54) is 26.5 Å². The number of benzene rings is 1. The van der Waals surface area contributed by atoms with Gasteiger partial charge in [0, 0.05) is 25.4 Å². The Kier molecular flexibility index (Phi) is 4.95. The van der Waals surface area contributed by atoms with Crippen LogP contribution in [0.1, 0.15) is 19.3 Å². The second kappa shape index (κ2) is 7.11. The molecule has 3 rings (SSSR count). The third-order valence-corrected chi connectivity index (χ3v) is 4.41. The molecule has 1 aromatic rings. The average Bonchev–Trinajstić information content (AvgIpc) is 3.19. The second-order valence-corrected chi connectivity index (χ2v) is 6.10. The zero-order chi connectivity index (χ0) is 15.4. The van der Waals surface area contributed by atoms with E-state index >= 15 is 0 Å². The number of hydrogen-bond donors (Lipinski definition) is 1. The topological polar surface area (TPSA) is 50.8 Å². The first-order valence-corrected chi connectivity index (χ1v) is 8.02. The summed E-state index contributed by atoms with van der Waals surface area (Å²) in [6, 6.07) is 8.34. The molecule has 1 saturated carbocycles. The van der Waals surface area contributed by atoms with E-state index in [0.29, 0.717) is 0 Å². The van der Waals surface area contributed by atoms with Gasteiger partial charge in [-0.1, -0.05) is 0 Å². The molecule has 0 aromatic heterocycles. The molecule has 2 fully saturated rings. The average molecular weight is 304 g/mol. The minimum absolute atomic E-state index is 0.0661. The molecule has 120 valence electrons. The van der Waals surface area contributed by atoms with Gasteiger partial charge < -0.3 is 14.8 Å². The van der Waals surface area contributed by atoms with Gasteiger partial charge in [-0.15, -0.1) is 0 Å². The molecule has 2 atom stereocenters. The van der Waals surface area contributed by atoms with Crippen molar-refractivity contribution in [1.82, 2.24) is 4.90 Å². The highest BCUT2D eigenvalue weighted by Gasteiger charge is 2.46. The Morgan fingerprint density at radius 3 is 2.82 bits per heavy atom. The smallest absolute Gasteiger partial charge is 0.250 e. The molecule has 5 nitrogen and oxygen atoms in total. The first-order chi connectivity index (χ1) is 10.8. The molecule has 1 N–H and O–H groups in total. The summed E-state index contributed by atoms with van der Waals surface area (Å²) in [7, 11) is 1.50. The van der Waals surface area contributed by atoms with Gasteiger partial charge in [-0.05, 0) is 56.0 Å². The summed E-state index contributed by atoms with van der Waals surface area (Å²) >= 11 is 0. The summed E-state index contributed by atoms with van der Waals surface area (Å²) in [6.45, 7) is 3.22. The van der Waals surface area contributed by atoms with Gasteiger partial charge in [0.15, 0.2) is 0 Å². The Morgan fingerprint density at radius 1 is 1.36 bits per heavy atom.